The van der Waals surface area contributed by atoms with Crippen molar-refractivity contribution in [3.05, 3.63) is 0 Å². The summed E-state index contributed by atoms with van der Waals surface area (Å²) in [6, 6.07) is -4.91. The van der Waals surface area contributed by atoms with Crippen molar-refractivity contribution < 1.29 is 34.2 Å². The molecule has 0 aromatic heterocycles. The van der Waals surface area contributed by atoms with E-state index in [-0.39, 0.29) is 18.6 Å². The van der Waals surface area contributed by atoms with E-state index >= 15 is 0 Å². The molecule has 13 heteroatoms. The number of hydrogen-bond donors (Lipinski definition) is 8. The maximum absolute atomic E-state index is 12.6. The van der Waals surface area contributed by atoms with Crippen molar-refractivity contribution in [1.29, 1.82) is 0 Å². The number of aliphatic hydroxyl groups excluding tert-OH is 1. The zero-order chi connectivity index (χ0) is 22.7. The maximum Gasteiger partial charge on any atom is 0.328 e. The molecule has 4 unspecified atom stereocenters. The van der Waals surface area contributed by atoms with Crippen LogP contribution < -0.4 is 27.4 Å². The molecule has 0 aliphatic heterocycles. The molecule has 0 fully saturated rings. The number of aliphatic carboxylic acids is 1. The fourth-order valence-electron chi connectivity index (χ4n) is 2.15. The summed E-state index contributed by atoms with van der Waals surface area (Å²) in [5, 5.41) is 24.9. The van der Waals surface area contributed by atoms with Crippen LogP contribution in [0, 0.1) is 5.92 Å². The topological polar surface area (TPSA) is 214 Å². The van der Waals surface area contributed by atoms with Gasteiger partial charge in [0.05, 0.1) is 12.6 Å². The number of carboxylic acids is 1. The predicted octanol–water partition coefficient (Wildman–Crippen LogP) is -3.30. The number of amides is 4. The largest absolute Gasteiger partial charge is 0.480 e. The SMILES string of the molecule is CC(C)C(NC(=O)C(CCC(N)=O)NC(=O)C(N)CS)C(=O)NC(CO)C(=O)O. The van der Waals surface area contributed by atoms with Crippen molar-refractivity contribution in [3.63, 3.8) is 0 Å². The summed E-state index contributed by atoms with van der Waals surface area (Å²) < 4.78 is 0. The Morgan fingerprint density at radius 3 is 1.93 bits per heavy atom. The van der Waals surface area contributed by atoms with Gasteiger partial charge in [-0.25, -0.2) is 4.79 Å². The second kappa shape index (κ2) is 13.0. The van der Waals surface area contributed by atoms with Gasteiger partial charge in [-0.3, -0.25) is 19.2 Å². The molecular weight excluding hydrogens is 406 g/mol. The molecule has 0 aromatic carbocycles. The first-order chi connectivity index (χ1) is 13.4. The van der Waals surface area contributed by atoms with Gasteiger partial charge in [0.25, 0.3) is 0 Å². The van der Waals surface area contributed by atoms with Crippen LogP contribution in [-0.4, -0.2) is 76.3 Å². The third-order valence-electron chi connectivity index (χ3n) is 3.89. The molecule has 0 spiro atoms. The molecule has 0 bridgehead atoms. The lowest BCUT2D eigenvalue weighted by Crippen LogP contribution is -2.59. The molecular formula is C16H29N5O7S. The minimum absolute atomic E-state index is 0.0186. The first-order valence-corrected chi connectivity index (χ1v) is 9.47. The van der Waals surface area contributed by atoms with Gasteiger partial charge in [0.1, 0.15) is 18.1 Å². The Morgan fingerprint density at radius 1 is 0.966 bits per heavy atom. The van der Waals surface area contributed by atoms with Gasteiger partial charge in [0, 0.05) is 12.2 Å². The average molecular weight is 436 g/mol. The lowest BCUT2D eigenvalue weighted by atomic mass is 10.0. The summed E-state index contributed by atoms with van der Waals surface area (Å²) in [5.74, 6) is -4.87. The van der Waals surface area contributed by atoms with Crippen LogP contribution in [0.3, 0.4) is 0 Å². The Morgan fingerprint density at radius 2 is 1.52 bits per heavy atom. The number of primary amides is 1. The number of rotatable bonds is 13. The highest BCUT2D eigenvalue weighted by molar-refractivity contribution is 7.80. The van der Waals surface area contributed by atoms with Crippen molar-refractivity contribution in [1.82, 2.24) is 16.0 Å². The van der Waals surface area contributed by atoms with Crippen LogP contribution in [0.2, 0.25) is 0 Å². The van der Waals surface area contributed by atoms with E-state index in [1.807, 2.05) is 0 Å². The smallest absolute Gasteiger partial charge is 0.328 e. The molecule has 0 rings (SSSR count). The lowest BCUT2D eigenvalue weighted by molar-refractivity contribution is -0.143. The minimum atomic E-state index is -1.54. The van der Waals surface area contributed by atoms with Crippen molar-refractivity contribution >= 4 is 42.2 Å². The molecule has 166 valence electrons. The number of carboxylic acid groups (broad SMARTS) is 1. The summed E-state index contributed by atoms with van der Waals surface area (Å²) in [5.41, 5.74) is 10.7. The third kappa shape index (κ3) is 9.58. The number of nitrogens with two attached hydrogens (primary N) is 2. The third-order valence-corrected chi connectivity index (χ3v) is 4.28. The van der Waals surface area contributed by atoms with Gasteiger partial charge in [-0.2, -0.15) is 12.6 Å². The van der Waals surface area contributed by atoms with Crippen LogP contribution in [0.15, 0.2) is 0 Å². The van der Waals surface area contributed by atoms with Gasteiger partial charge >= 0.3 is 5.97 Å². The van der Waals surface area contributed by atoms with Gasteiger partial charge in [-0.1, -0.05) is 13.8 Å². The molecule has 0 radical (unpaired) electrons. The van der Waals surface area contributed by atoms with E-state index in [9.17, 15) is 24.0 Å². The van der Waals surface area contributed by atoms with Gasteiger partial charge in [0.15, 0.2) is 0 Å². The number of nitrogens with one attached hydrogen (secondary N) is 3. The number of thiol groups is 1. The Hall–Kier alpha value is -2.38. The molecule has 0 saturated carbocycles. The molecule has 4 amide bonds. The van der Waals surface area contributed by atoms with Crippen LogP contribution in [0.25, 0.3) is 0 Å². The summed E-state index contributed by atoms with van der Waals surface area (Å²) in [4.78, 5) is 59.0. The quantitative estimate of drug-likeness (QED) is 0.137. The van der Waals surface area contributed by atoms with E-state index < -0.39 is 66.3 Å². The molecule has 0 saturated heterocycles. The van der Waals surface area contributed by atoms with Gasteiger partial charge in [-0.05, 0) is 12.3 Å². The fraction of sp³-hybridized carbons (Fsp3) is 0.688. The van der Waals surface area contributed by atoms with Gasteiger partial charge < -0.3 is 37.6 Å². The van der Waals surface area contributed by atoms with Gasteiger partial charge in [-0.15, -0.1) is 0 Å². The molecule has 29 heavy (non-hydrogen) atoms. The van der Waals surface area contributed by atoms with Gasteiger partial charge in [0.2, 0.25) is 23.6 Å². The summed E-state index contributed by atoms with van der Waals surface area (Å²) in [7, 11) is 0. The second-order valence-corrected chi connectivity index (χ2v) is 7.03. The van der Waals surface area contributed by atoms with E-state index in [1.54, 1.807) is 13.8 Å². The standard InChI is InChI=1S/C16H29N5O7S/c1-7(2)12(15(26)20-10(5-22)16(27)28)21-14(25)9(3-4-11(18)23)19-13(24)8(17)6-29/h7-10,12,22,29H,3-6,17H2,1-2H3,(H2,18,23)(H,19,24)(H,20,26)(H,21,25)(H,27,28). The first-order valence-electron chi connectivity index (χ1n) is 8.84. The molecule has 0 aromatic rings. The number of carbonyl (C=O) groups is 5. The van der Waals surface area contributed by atoms with E-state index in [1.165, 1.54) is 0 Å². The molecule has 12 nitrogen and oxygen atoms in total. The average Bonchev–Trinajstić information content (AvgIpc) is 2.65. The Labute approximate surface area is 173 Å². The maximum atomic E-state index is 12.6. The predicted molar refractivity (Wildman–Crippen MR) is 106 cm³/mol. The van der Waals surface area contributed by atoms with Crippen LogP contribution in [0.1, 0.15) is 26.7 Å². The monoisotopic (exact) mass is 435 g/mol. The first kappa shape index (κ1) is 26.6. The molecule has 0 aliphatic rings. The Bertz CT molecular complexity index is 616. The summed E-state index contributed by atoms with van der Waals surface area (Å²) >= 11 is 3.90. The number of hydrogen-bond acceptors (Lipinski definition) is 8. The highest BCUT2D eigenvalue weighted by Crippen LogP contribution is 2.06. The van der Waals surface area contributed by atoms with Crippen molar-refractivity contribution in [3.8, 4) is 0 Å². The van der Waals surface area contributed by atoms with E-state index in [0.717, 1.165) is 0 Å². The van der Waals surface area contributed by atoms with Crippen LogP contribution >= 0.6 is 12.6 Å². The molecule has 0 heterocycles. The van der Waals surface area contributed by atoms with Crippen LogP contribution in [-0.2, 0) is 24.0 Å². The van der Waals surface area contributed by atoms with E-state index in [4.69, 9.17) is 21.7 Å². The zero-order valence-corrected chi connectivity index (χ0v) is 17.1. The summed E-state index contributed by atoms with van der Waals surface area (Å²) in [6.07, 6.45) is -0.342. The highest BCUT2D eigenvalue weighted by atomic mass is 32.1. The zero-order valence-electron chi connectivity index (χ0n) is 16.3. The minimum Gasteiger partial charge on any atom is -0.480 e. The number of aliphatic hydroxyl groups is 1. The molecule has 0 aliphatic carbocycles. The second-order valence-electron chi connectivity index (χ2n) is 6.67. The summed E-state index contributed by atoms with van der Waals surface area (Å²) in [6.45, 7) is 2.37. The van der Waals surface area contributed by atoms with Crippen LogP contribution in [0.5, 0.6) is 0 Å². The highest BCUT2D eigenvalue weighted by Gasteiger charge is 2.31. The normalized spacial score (nSPS) is 15.0. The number of carbonyl (C=O) groups excluding carboxylic acids is 4. The Balaban J connectivity index is 5.34. The van der Waals surface area contributed by atoms with E-state index in [2.05, 4.69) is 28.6 Å². The van der Waals surface area contributed by atoms with Crippen LogP contribution in [0.4, 0.5) is 0 Å². The fourth-order valence-corrected chi connectivity index (χ4v) is 2.32. The van der Waals surface area contributed by atoms with Crippen molar-refractivity contribution in [2.24, 2.45) is 17.4 Å². The lowest BCUT2D eigenvalue weighted by Gasteiger charge is -2.26. The molecule has 4 atom stereocenters. The van der Waals surface area contributed by atoms with Crippen molar-refractivity contribution in [2.75, 3.05) is 12.4 Å². The van der Waals surface area contributed by atoms with Crippen molar-refractivity contribution in [2.45, 2.75) is 50.9 Å². The molecule has 9 N–H and O–H groups in total. The van der Waals surface area contributed by atoms with E-state index in [0.29, 0.717) is 0 Å². The Kier molecular flexibility index (Phi) is 11.9.